The van der Waals surface area contributed by atoms with Gasteiger partial charge in [0.15, 0.2) is 0 Å². The fourth-order valence-corrected chi connectivity index (χ4v) is 3.12. The molecule has 0 radical (unpaired) electrons. The van der Waals surface area contributed by atoms with Crippen molar-refractivity contribution in [2.45, 2.75) is 45.2 Å². The number of nitrogens with zero attached hydrogens (tertiary/aromatic N) is 2. The van der Waals surface area contributed by atoms with Crippen molar-refractivity contribution in [1.29, 1.82) is 0 Å². The summed E-state index contributed by atoms with van der Waals surface area (Å²) in [6.07, 6.45) is 2.33. The molecular formula is C19H27N3O2. The molecule has 0 atom stereocenters. The second-order valence-corrected chi connectivity index (χ2v) is 7.20. The van der Waals surface area contributed by atoms with Crippen molar-refractivity contribution < 1.29 is 9.59 Å². The number of rotatable bonds is 6. The molecule has 130 valence electrons. The van der Waals surface area contributed by atoms with E-state index in [1.807, 2.05) is 0 Å². The molecule has 24 heavy (non-hydrogen) atoms. The minimum atomic E-state index is -0.0585. The Kier molecular flexibility index (Phi) is 5.19. The second kappa shape index (κ2) is 7.34. The molecule has 3 rings (SSSR count). The molecule has 1 N–H and O–H groups in total. The molecule has 5 heteroatoms. The summed E-state index contributed by atoms with van der Waals surface area (Å²) >= 11 is 0. The van der Waals surface area contributed by atoms with Gasteiger partial charge in [-0.25, -0.2) is 0 Å². The van der Waals surface area contributed by atoms with E-state index in [0.717, 1.165) is 19.4 Å². The third kappa shape index (κ3) is 4.35. The maximum Gasteiger partial charge on any atom is 0.239 e. The van der Waals surface area contributed by atoms with Crippen LogP contribution in [0.3, 0.4) is 0 Å². The zero-order valence-electron chi connectivity index (χ0n) is 14.6. The summed E-state index contributed by atoms with van der Waals surface area (Å²) in [7, 11) is 0. The monoisotopic (exact) mass is 329 g/mol. The molecule has 2 amide bonds. The molecule has 1 saturated heterocycles. The highest BCUT2D eigenvalue weighted by Crippen LogP contribution is 2.28. The fourth-order valence-electron chi connectivity index (χ4n) is 3.12. The average Bonchev–Trinajstić information content (AvgIpc) is 3.39. The van der Waals surface area contributed by atoms with E-state index in [0.29, 0.717) is 31.6 Å². The molecular weight excluding hydrogens is 302 g/mol. The largest absolute Gasteiger partial charge is 0.353 e. The van der Waals surface area contributed by atoms with Gasteiger partial charge in [0.1, 0.15) is 0 Å². The summed E-state index contributed by atoms with van der Waals surface area (Å²) in [4.78, 5) is 27.9. The smallest absolute Gasteiger partial charge is 0.239 e. The van der Waals surface area contributed by atoms with Crippen LogP contribution in [0.25, 0.3) is 0 Å². The van der Waals surface area contributed by atoms with Crippen LogP contribution in [-0.2, 0) is 16.1 Å². The molecule has 2 fully saturated rings. The second-order valence-electron chi connectivity index (χ2n) is 7.20. The van der Waals surface area contributed by atoms with E-state index in [-0.39, 0.29) is 18.4 Å². The highest BCUT2D eigenvalue weighted by atomic mass is 16.2. The van der Waals surface area contributed by atoms with Gasteiger partial charge >= 0.3 is 0 Å². The number of carbonyl (C=O) groups is 2. The maximum absolute atomic E-state index is 12.5. The van der Waals surface area contributed by atoms with Gasteiger partial charge in [-0.15, -0.1) is 0 Å². The van der Waals surface area contributed by atoms with Crippen LogP contribution in [0.15, 0.2) is 24.3 Å². The number of piperazine rings is 1. The number of hydrogen-bond acceptors (Lipinski definition) is 3. The van der Waals surface area contributed by atoms with E-state index >= 15 is 0 Å². The lowest BCUT2D eigenvalue weighted by atomic mass is 10.0. The molecule has 0 aromatic heterocycles. The highest BCUT2D eigenvalue weighted by Gasteiger charge is 2.32. The lowest BCUT2D eigenvalue weighted by Gasteiger charge is -2.30. The molecule has 1 saturated carbocycles. The van der Waals surface area contributed by atoms with Crippen molar-refractivity contribution in [1.82, 2.24) is 15.1 Å². The molecule has 0 unspecified atom stereocenters. The van der Waals surface area contributed by atoms with E-state index in [9.17, 15) is 9.59 Å². The molecule has 1 heterocycles. The average molecular weight is 329 g/mol. The van der Waals surface area contributed by atoms with Crippen LogP contribution >= 0.6 is 0 Å². The van der Waals surface area contributed by atoms with Crippen LogP contribution < -0.4 is 5.32 Å². The van der Waals surface area contributed by atoms with Crippen molar-refractivity contribution in [3.05, 3.63) is 35.4 Å². The van der Waals surface area contributed by atoms with Crippen molar-refractivity contribution in [3.63, 3.8) is 0 Å². The normalized spacial score (nSPS) is 18.2. The summed E-state index contributed by atoms with van der Waals surface area (Å²) in [5.74, 6) is 0.540. The van der Waals surface area contributed by atoms with Gasteiger partial charge in [-0.2, -0.15) is 0 Å². The molecule has 1 aromatic carbocycles. The van der Waals surface area contributed by atoms with Gasteiger partial charge in [0, 0.05) is 25.7 Å². The van der Waals surface area contributed by atoms with Crippen LogP contribution in [0, 0.1) is 0 Å². The summed E-state index contributed by atoms with van der Waals surface area (Å²) in [5, 5.41) is 2.76. The molecule has 0 bridgehead atoms. The Labute approximate surface area is 144 Å². The molecule has 1 aromatic rings. The molecule has 0 spiro atoms. The Morgan fingerprint density at radius 1 is 1.29 bits per heavy atom. The van der Waals surface area contributed by atoms with Crippen LogP contribution in [0.4, 0.5) is 0 Å². The van der Waals surface area contributed by atoms with Gasteiger partial charge < -0.3 is 10.2 Å². The number of nitrogens with one attached hydrogen (secondary N) is 1. The van der Waals surface area contributed by atoms with Gasteiger partial charge in [-0.05, 0) is 29.9 Å². The third-order valence-electron chi connectivity index (χ3n) is 4.82. The Hall–Kier alpha value is -1.88. The molecule has 1 aliphatic heterocycles. The van der Waals surface area contributed by atoms with E-state index in [1.165, 1.54) is 11.1 Å². The minimum Gasteiger partial charge on any atom is -0.353 e. The van der Waals surface area contributed by atoms with Crippen LogP contribution in [0.1, 0.15) is 43.7 Å². The summed E-state index contributed by atoms with van der Waals surface area (Å²) in [5.41, 5.74) is 2.59. The zero-order valence-corrected chi connectivity index (χ0v) is 14.6. The van der Waals surface area contributed by atoms with Crippen LogP contribution in [-0.4, -0.2) is 53.8 Å². The van der Waals surface area contributed by atoms with E-state index in [1.54, 1.807) is 4.90 Å². The summed E-state index contributed by atoms with van der Waals surface area (Å²) in [6, 6.07) is 9.22. The number of amides is 2. The number of carbonyl (C=O) groups excluding carboxylic acids is 2. The first kappa shape index (κ1) is 17.0. The van der Waals surface area contributed by atoms with E-state index in [4.69, 9.17) is 0 Å². The third-order valence-corrected chi connectivity index (χ3v) is 4.82. The van der Waals surface area contributed by atoms with E-state index in [2.05, 4.69) is 48.3 Å². The van der Waals surface area contributed by atoms with E-state index < -0.39 is 0 Å². The number of benzene rings is 1. The van der Waals surface area contributed by atoms with Crippen molar-refractivity contribution in [2.24, 2.45) is 0 Å². The predicted octanol–water partition coefficient (Wildman–Crippen LogP) is 1.73. The van der Waals surface area contributed by atoms with Gasteiger partial charge in [-0.1, -0.05) is 38.1 Å². The first-order valence-corrected chi connectivity index (χ1v) is 8.90. The Morgan fingerprint density at radius 2 is 2.00 bits per heavy atom. The lowest BCUT2D eigenvalue weighted by Crippen LogP contribution is -2.52. The van der Waals surface area contributed by atoms with Crippen LogP contribution in [0.5, 0.6) is 0 Å². The SMILES string of the molecule is CC(C)c1ccc(CN(CC(=O)N2CCNC(=O)C2)C2CC2)cc1. The Balaban J connectivity index is 1.60. The van der Waals surface area contributed by atoms with Crippen LogP contribution in [0.2, 0.25) is 0 Å². The maximum atomic E-state index is 12.5. The standard InChI is InChI=1S/C19H27N3O2/c1-14(2)16-5-3-15(4-6-16)11-22(17-7-8-17)13-19(24)21-10-9-20-18(23)12-21/h3-6,14,17H,7-13H2,1-2H3,(H,20,23). The summed E-state index contributed by atoms with van der Waals surface area (Å²) in [6.45, 7) is 6.97. The van der Waals surface area contributed by atoms with Gasteiger partial charge in [0.05, 0.1) is 13.1 Å². The van der Waals surface area contributed by atoms with Gasteiger partial charge in [-0.3, -0.25) is 14.5 Å². The highest BCUT2D eigenvalue weighted by molar-refractivity contribution is 5.86. The quantitative estimate of drug-likeness (QED) is 0.865. The van der Waals surface area contributed by atoms with Gasteiger partial charge in [0.2, 0.25) is 11.8 Å². The molecule has 2 aliphatic rings. The fraction of sp³-hybridized carbons (Fsp3) is 0.579. The zero-order chi connectivity index (χ0) is 17.1. The first-order chi connectivity index (χ1) is 11.5. The first-order valence-electron chi connectivity index (χ1n) is 8.90. The predicted molar refractivity (Wildman–Crippen MR) is 93.6 cm³/mol. The molecule has 1 aliphatic carbocycles. The number of hydrogen-bond donors (Lipinski definition) is 1. The Morgan fingerprint density at radius 3 is 2.58 bits per heavy atom. The topological polar surface area (TPSA) is 52.7 Å². The minimum absolute atomic E-state index is 0.0585. The molecule has 5 nitrogen and oxygen atoms in total. The van der Waals surface area contributed by atoms with Crippen molar-refractivity contribution in [3.8, 4) is 0 Å². The van der Waals surface area contributed by atoms with Crippen molar-refractivity contribution in [2.75, 3.05) is 26.2 Å². The van der Waals surface area contributed by atoms with Gasteiger partial charge in [0.25, 0.3) is 0 Å². The lowest BCUT2D eigenvalue weighted by molar-refractivity contribution is -0.139. The van der Waals surface area contributed by atoms with Crippen molar-refractivity contribution >= 4 is 11.8 Å². The Bertz CT molecular complexity index is 593. The summed E-state index contributed by atoms with van der Waals surface area (Å²) < 4.78 is 0.